The van der Waals surface area contributed by atoms with Gasteiger partial charge in [-0.05, 0) is 31.4 Å². The molecule has 6 heteroatoms. The minimum Gasteiger partial charge on any atom is -0.465 e. The van der Waals surface area contributed by atoms with Crippen LogP contribution in [0.3, 0.4) is 0 Å². The monoisotopic (exact) mass is 290 g/mol. The van der Waals surface area contributed by atoms with Gasteiger partial charge in [0.1, 0.15) is 0 Å². The van der Waals surface area contributed by atoms with Crippen LogP contribution in [0.1, 0.15) is 40.0 Å². The summed E-state index contributed by atoms with van der Waals surface area (Å²) in [5.41, 5.74) is 0.932. The Labute approximate surface area is 123 Å². The van der Waals surface area contributed by atoms with Gasteiger partial charge < -0.3 is 10.0 Å². The quantitative estimate of drug-likeness (QED) is 0.642. The number of unbranched alkanes of at least 4 members (excludes halogenated alkanes) is 2. The third-order valence-corrected chi connectivity index (χ3v) is 3.58. The van der Waals surface area contributed by atoms with Crippen molar-refractivity contribution in [1.82, 2.24) is 9.80 Å². The normalized spacial score (nSPS) is 13.5. The molecule has 0 unspecified atom stereocenters. The lowest BCUT2D eigenvalue weighted by atomic mass is 10.1. The van der Waals surface area contributed by atoms with Crippen LogP contribution in [0.5, 0.6) is 0 Å². The first-order valence-corrected chi connectivity index (χ1v) is 6.91. The van der Waals surface area contributed by atoms with Crippen LogP contribution in [0.25, 0.3) is 0 Å². The fourth-order valence-corrected chi connectivity index (χ4v) is 2.33. The molecule has 1 N–H and O–H groups in total. The fourth-order valence-electron chi connectivity index (χ4n) is 2.33. The van der Waals surface area contributed by atoms with Crippen molar-refractivity contribution >= 4 is 17.9 Å². The van der Waals surface area contributed by atoms with E-state index in [2.05, 4.69) is 0 Å². The molecule has 1 aromatic rings. The van der Waals surface area contributed by atoms with Gasteiger partial charge in [0.15, 0.2) is 0 Å². The summed E-state index contributed by atoms with van der Waals surface area (Å²) in [5, 5.41) is 8.71. The van der Waals surface area contributed by atoms with Crippen LogP contribution in [0, 0.1) is 0 Å². The maximum absolute atomic E-state index is 12.1. The Hall–Kier alpha value is -2.37. The van der Waals surface area contributed by atoms with Gasteiger partial charge in [-0.2, -0.15) is 0 Å². The molecule has 0 spiro atoms. The Balaban J connectivity index is 1.79. The first-order chi connectivity index (χ1) is 10.0. The SMILES string of the molecule is CN(CCCCCN1C(=O)c2ccccc2C1=O)C(=O)O. The number of imide groups is 1. The molecule has 112 valence electrons. The second-order valence-electron chi connectivity index (χ2n) is 5.07. The number of carbonyl (C=O) groups excluding carboxylic acids is 2. The minimum atomic E-state index is -0.949. The van der Waals surface area contributed by atoms with Crippen LogP contribution in [-0.4, -0.2) is 53.0 Å². The first kappa shape index (κ1) is 15.0. The Kier molecular flexibility index (Phi) is 4.57. The summed E-state index contributed by atoms with van der Waals surface area (Å²) in [6.45, 7) is 0.834. The lowest BCUT2D eigenvalue weighted by molar-refractivity contribution is 0.0651. The molecule has 0 aliphatic carbocycles. The van der Waals surface area contributed by atoms with Crippen LogP contribution in [0.4, 0.5) is 4.79 Å². The highest BCUT2D eigenvalue weighted by Crippen LogP contribution is 2.22. The summed E-state index contributed by atoms with van der Waals surface area (Å²) in [5.74, 6) is -0.475. The van der Waals surface area contributed by atoms with Crippen LogP contribution >= 0.6 is 0 Å². The molecule has 1 aliphatic heterocycles. The summed E-state index contributed by atoms with van der Waals surface area (Å²) in [6.07, 6.45) is 1.21. The average molecular weight is 290 g/mol. The van der Waals surface area contributed by atoms with Crippen molar-refractivity contribution in [1.29, 1.82) is 0 Å². The van der Waals surface area contributed by atoms with E-state index in [0.717, 1.165) is 6.42 Å². The van der Waals surface area contributed by atoms with E-state index in [1.807, 2.05) is 0 Å². The van der Waals surface area contributed by atoms with E-state index in [1.165, 1.54) is 16.8 Å². The molecule has 6 nitrogen and oxygen atoms in total. The van der Waals surface area contributed by atoms with E-state index < -0.39 is 6.09 Å². The van der Waals surface area contributed by atoms with E-state index in [0.29, 0.717) is 37.1 Å². The number of hydrogen-bond donors (Lipinski definition) is 1. The number of nitrogens with zero attached hydrogens (tertiary/aromatic N) is 2. The van der Waals surface area contributed by atoms with E-state index in [4.69, 9.17) is 5.11 Å². The highest BCUT2D eigenvalue weighted by Gasteiger charge is 2.34. The van der Waals surface area contributed by atoms with Crippen LogP contribution in [0.15, 0.2) is 24.3 Å². The predicted molar refractivity (Wildman–Crippen MR) is 76.3 cm³/mol. The van der Waals surface area contributed by atoms with Gasteiger partial charge in [-0.15, -0.1) is 0 Å². The zero-order valence-electron chi connectivity index (χ0n) is 11.9. The summed E-state index contributed by atoms with van der Waals surface area (Å²) in [7, 11) is 1.52. The second-order valence-corrected chi connectivity index (χ2v) is 5.07. The molecular formula is C15H18N2O4. The lowest BCUT2D eigenvalue weighted by Gasteiger charge is -2.15. The molecule has 1 aromatic carbocycles. The Morgan fingerprint density at radius 2 is 1.67 bits per heavy atom. The van der Waals surface area contributed by atoms with Gasteiger partial charge in [0, 0.05) is 20.1 Å². The van der Waals surface area contributed by atoms with E-state index in [9.17, 15) is 14.4 Å². The van der Waals surface area contributed by atoms with Crippen molar-refractivity contribution in [3.05, 3.63) is 35.4 Å². The number of amides is 3. The minimum absolute atomic E-state index is 0.238. The number of hydrogen-bond acceptors (Lipinski definition) is 3. The van der Waals surface area contributed by atoms with Gasteiger partial charge in [-0.1, -0.05) is 12.1 Å². The van der Waals surface area contributed by atoms with Crippen molar-refractivity contribution in [2.45, 2.75) is 19.3 Å². The number of benzene rings is 1. The van der Waals surface area contributed by atoms with Gasteiger partial charge in [0.05, 0.1) is 11.1 Å². The first-order valence-electron chi connectivity index (χ1n) is 6.91. The zero-order valence-corrected chi connectivity index (χ0v) is 11.9. The second kappa shape index (κ2) is 6.39. The number of carbonyl (C=O) groups is 3. The lowest BCUT2D eigenvalue weighted by Crippen LogP contribution is -2.31. The smallest absolute Gasteiger partial charge is 0.407 e. The van der Waals surface area contributed by atoms with Gasteiger partial charge in [-0.25, -0.2) is 4.79 Å². The third kappa shape index (κ3) is 3.21. The summed E-state index contributed by atoms with van der Waals surface area (Å²) >= 11 is 0. The van der Waals surface area contributed by atoms with Crippen molar-refractivity contribution < 1.29 is 19.5 Å². The van der Waals surface area contributed by atoms with Crippen molar-refractivity contribution in [3.8, 4) is 0 Å². The molecule has 21 heavy (non-hydrogen) atoms. The highest BCUT2D eigenvalue weighted by atomic mass is 16.4. The molecule has 0 aromatic heterocycles. The van der Waals surface area contributed by atoms with Crippen molar-refractivity contribution in [2.24, 2.45) is 0 Å². The van der Waals surface area contributed by atoms with Crippen LogP contribution < -0.4 is 0 Å². The number of rotatable bonds is 6. The van der Waals surface area contributed by atoms with Crippen LogP contribution in [0.2, 0.25) is 0 Å². The van der Waals surface area contributed by atoms with Gasteiger partial charge in [-0.3, -0.25) is 14.5 Å². The maximum Gasteiger partial charge on any atom is 0.407 e. The topological polar surface area (TPSA) is 77.9 Å². The third-order valence-electron chi connectivity index (χ3n) is 3.58. The number of carboxylic acid groups (broad SMARTS) is 1. The average Bonchev–Trinajstić information content (AvgIpc) is 2.71. The van der Waals surface area contributed by atoms with Gasteiger partial charge in [0.2, 0.25) is 0 Å². The molecule has 1 aliphatic rings. The van der Waals surface area contributed by atoms with Crippen molar-refractivity contribution in [3.63, 3.8) is 0 Å². The van der Waals surface area contributed by atoms with E-state index in [1.54, 1.807) is 24.3 Å². The Morgan fingerprint density at radius 1 is 1.10 bits per heavy atom. The highest BCUT2D eigenvalue weighted by molar-refractivity contribution is 6.21. The molecule has 3 amide bonds. The molecule has 0 atom stereocenters. The van der Waals surface area contributed by atoms with Crippen LogP contribution in [-0.2, 0) is 0 Å². The Bertz CT molecular complexity index is 536. The largest absolute Gasteiger partial charge is 0.465 e. The molecule has 1 heterocycles. The molecule has 0 saturated carbocycles. The molecule has 2 rings (SSSR count). The molecule has 0 bridgehead atoms. The van der Waals surface area contributed by atoms with Gasteiger partial charge in [0.25, 0.3) is 11.8 Å². The Morgan fingerprint density at radius 3 is 2.19 bits per heavy atom. The van der Waals surface area contributed by atoms with E-state index >= 15 is 0 Å². The van der Waals surface area contributed by atoms with Gasteiger partial charge >= 0.3 is 6.09 Å². The number of fused-ring (bicyclic) bond motifs is 1. The van der Waals surface area contributed by atoms with Crippen molar-refractivity contribution in [2.75, 3.05) is 20.1 Å². The summed E-state index contributed by atoms with van der Waals surface area (Å²) < 4.78 is 0. The summed E-state index contributed by atoms with van der Waals surface area (Å²) in [6, 6.07) is 6.82. The fraction of sp³-hybridized carbons (Fsp3) is 0.400. The molecule has 0 radical (unpaired) electrons. The molecular weight excluding hydrogens is 272 g/mol. The van der Waals surface area contributed by atoms with E-state index in [-0.39, 0.29) is 11.8 Å². The zero-order chi connectivity index (χ0) is 15.4. The summed E-state index contributed by atoms with van der Waals surface area (Å²) in [4.78, 5) is 37.3. The maximum atomic E-state index is 12.1. The molecule has 0 fully saturated rings. The predicted octanol–water partition coefficient (Wildman–Crippen LogP) is 2.06. The standard InChI is InChI=1S/C15H18N2O4/c1-16(15(20)21)9-5-2-6-10-17-13(18)11-7-3-4-8-12(11)14(17)19/h3-4,7-8H,2,5-6,9-10H2,1H3,(H,20,21). The molecule has 0 saturated heterocycles.